The van der Waals surface area contributed by atoms with E-state index in [0.717, 1.165) is 6.61 Å². The molecule has 2 rings (SSSR count). The fourth-order valence-corrected chi connectivity index (χ4v) is 3.53. The van der Waals surface area contributed by atoms with Crippen LogP contribution in [0.15, 0.2) is 0 Å². The third-order valence-corrected chi connectivity index (χ3v) is 4.90. The summed E-state index contributed by atoms with van der Waals surface area (Å²) in [6.07, 6.45) is 5.58. The second-order valence-corrected chi connectivity index (χ2v) is 5.95. The van der Waals surface area contributed by atoms with Crippen LogP contribution in [-0.4, -0.2) is 50.3 Å². The Hall–Kier alpha value is -0.120. The quantitative estimate of drug-likeness (QED) is 0.812. The van der Waals surface area contributed by atoms with Crippen LogP contribution in [0.1, 0.15) is 39.5 Å². The average Bonchev–Trinajstić information content (AvgIpc) is 2.77. The van der Waals surface area contributed by atoms with E-state index in [4.69, 9.17) is 4.74 Å². The highest BCUT2D eigenvalue weighted by molar-refractivity contribution is 4.89. The summed E-state index contributed by atoms with van der Waals surface area (Å²) in [6, 6.07) is 0.633. The molecule has 100 valence electrons. The lowest BCUT2D eigenvalue weighted by Crippen LogP contribution is -2.47. The Morgan fingerprint density at radius 2 is 2.06 bits per heavy atom. The molecule has 2 saturated heterocycles. The van der Waals surface area contributed by atoms with E-state index in [1.165, 1.54) is 45.3 Å². The van der Waals surface area contributed by atoms with Crippen molar-refractivity contribution in [3.05, 3.63) is 0 Å². The van der Waals surface area contributed by atoms with Crippen molar-refractivity contribution in [3.63, 3.8) is 0 Å². The van der Waals surface area contributed by atoms with Crippen molar-refractivity contribution < 1.29 is 4.74 Å². The highest BCUT2D eigenvalue weighted by atomic mass is 16.5. The molecule has 3 heteroatoms. The number of nitrogens with one attached hydrogen (secondary N) is 1. The van der Waals surface area contributed by atoms with E-state index in [9.17, 15) is 0 Å². The highest BCUT2D eigenvalue weighted by Gasteiger charge is 2.35. The number of hydrogen-bond donors (Lipinski definition) is 1. The van der Waals surface area contributed by atoms with E-state index in [1.807, 2.05) is 0 Å². The Balaban J connectivity index is 1.93. The Morgan fingerprint density at radius 1 is 1.35 bits per heavy atom. The van der Waals surface area contributed by atoms with Gasteiger partial charge in [-0.3, -0.25) is 0 Å². The van der Waals surface area contributed by atoms with Gasteiger partial charge >= 0.3 is 0 Å². The zero-order valence-electron chi connectivity index (χ0n) is 11.7. The van der Waals surface area contributed by atoms with Gasteiger partial charge in [0.25, 0.3) is 0 Å². The summed E-state index contributed by atoms with van der Waals surface area (Å²) in [7, 11) is 2.29. The van der Waals surface area contributed by atoms with Crippen LogP contribution in [0, 0.1) is 5.41 Å². The molecule has 1 N–H and O–H groups in total. The molecule has 0 aromatic carbocycles. The first-order valence-electron chi connectivity index (χ1n) is 7.19. The number of likely N-dealkylation sites (N-methyl/N-ethyl adjacent to an activating group) is 1. The largest absolute Gasteiger partial charge is 0.377 e. The number of rotatable bonds is 4. The van der Waals surface area contributed by atoms with Gasteiger partial charge in [-0.25, -0.2) is 0 Å². The van der Waals surface area contributed by atoms with Crippen molar-refractivity contribution in [2.24, 2.45) is 5.41 Å². The summed E-state index contributed by atoms with van der Waals surface area (Å²) in [5.74, 6) is 0. The molecular weight excluding hydrogens is 212 g/mol. The Kier molecular flexibility index (Phi) is 4.45. The third-order valence-electron chi connectivity index (χ3n) is 4.90. The van der Waals surface area contributed by atoms with Crippen LogP contribution in [0.5, 0.6) is 0 Å². The molecule has 2 atom stereocenters. The first-order valence-corrected chi connectivity index (χ1v) is 7.19. The van der Waals surface area contributed by atoms with Gasteiger partial charge in [-0.1, -0.05) is 6.92 Å². The minimum absolute atomic E-state index is 0.413. The van der Waals surface area contributed by atoms with E-state index >= 15 is 0 Å². The first kappa shape index (κ1) is 13.3. The fraction of sp³-hybridized carbons (Fsp3) is 1.00. The van der Waals surface area contributed by atoms with Gasteiger partial charge in [-0.05, 0) is 58.2 Å². The Labute approximate surface area is 106 Å². The smallest absolute Gasteiger partial charge is 0.0702 e. The van der Waals surface area contributed by atoms with Gasteiger partial charge in [0.1, 0.15) is 0 Å². The van der Waals surface area contributed by atoms with Gasteiger partial charge in [0.15, 0.2) is 0 Å². The lowest BCUT2D eigenvalue weighted by atomic mass is 9.76. The van der Waals surface area contributed by atoms with Gasteiger partial charge in [0.05, 0.1) is 6.10 Å². The van der Waals surface area contributed by atoms with Crippen LogP contribution < -0.4 is 5.32 Å². The van der Waals surface area contributed by atoms with Crippen LogP contribution >= 0.6 is 0 Å². The molecule has 0 radical (unpaired) electrons. The van der Waals surface area contributed by atoms with Crippen LogP contribution in [0.3, 0.4) is 0 Å². The molecule has 2 aliphatic rings. The lowest BCUT2D eigenvalue weighted by molar-refractivity contribution is 0.0515. The molecular formula is C14H28N2O. The Morgan fingerprint density at radius 3 is 2.59 bits per heavy atom. The minimum atomic E-state index is 0.413. The van der Waals surface area contributed by atoms with E-state index in [-0.39, 0.29) is 0 Å². The predicted octanol–water partition coefficient (Wildman–Crippen LogP) is 1.88. The van der Waals surface area contributed by atoms with Gasteiger partial charge in [0, 0.05) is 19.2 Å². The van der Waals surface area contributed by atoms with Crippen molar-refractivity contribution in [1.29, 1.82) is 0 Å². The van der Waals surface area contributed by atoms with Gasteiger partial charge < -0.3 is 15.0 Å². The molecule has 2 heterocycles. The van der Waals surface area contributed by atoms with Crippen molar-refractivity contribution in [2.45, 2.75) is 51.7 Å². The topological polar surface area (TPSA) is 24.5 Å². The van der Waals surface area contributed by atoms with Gasteiger partial charge in [0.2, 0.25) is 0 Å². The van der Waals surface area contributed by atoms with E-state index in [0.29, 0.717) is 17.6 Å². The lowest BCUT2D eigenvalue weighted by Gasteiger charge is -2.42. The van der Waals surface area contributed by atoms with Crippen molar-refractivity contribution >= 4 is 0 Å². The molecule has 0 aliphatic carbocycles. The standard InChI is InChI=1S/C14H28N2O/c1-4-14(6-8-15-9-7-14)11-16(3)13-5-10-17-12(13)2/h12-13,15H,4-11H2,1-3H3. The van der Waals surface area contributed by atoms with E-state index < -0.39 is 0 Å². The maximum absolute atomic E-state index is 5.69. The normalized spacial score (nSPS) is 33.2. The van der Waals surface area contributed by atoms with Crippen molar-refractivity contribution in [3.8, 4) is 0 Å². The summed E-state index contributed by atoms with van der Waals surface area (Å²) >= 11 is 0. The fourth-order valence-electron chi connectivity index (χ4n) is 3.53. The second-order valence-electron chi connectivity index (χ2n) is 5.95. The molecule has 17 heavy (non-hydrogen) atoms. The summed E-state index contributed by atoms with van der Waals surface area (Å²) in [6.45, 7) is 9.14. The molecule has 0 bridgehead atoms. The molecule has 2 aliphatic heterocycles. The second kappa shape index (κ2) is 5.68. The summed E-state index contributed by atoms with van der Waals surface area (Å²) in [5, 5.41) is 3.48. The van der Waals surface area contributed by atoms with Gasteiger partial charge in [-0.15, -0.1) is 0 Å². The predicted molar refractivity (Wildman–Crippen MR) is 71.3 cm³/mol. The summed E-state index contributed by atoms with van der Waals surface area (Å²) in [5.41, 5.74) is 0.544. The van der Waals surface area contributed by atoms with E-state index in [2.05, 4.69) is 31.1 Å². The SMILES string of the molecule is CCC1(CN(C)C2CCOC2C)CCNCC1. The van der Waals surface area contributed by atoms with Crippen LogP contribution in [0.4, 0.5) is 0 Å². The molecule has 2 unspecified atom stereocenters. The van der Waals surface area contributed by atoms with E-state index in [1.54, 1.807) is 0 Å². The van der Waals surface area contributed by atoms with Crippen LogP contribution in [0.25, 0.3) is 0 Å². The molecule has 0 saturated carbocycles. The molecule has 2 fully saturated rings. The molecule has 0 aromatic rings. The van der Waals surface area contributed by atoms with Crippen molar-refractivity contribution in [2.75, 3.05) is 33.3 Å². The molecule has 0 aromatic heterocycles. The number of hydrogen-bond acceptors (Lipinski definition) is 3. The first-order chi connectivity index (χ1) is 8.17. The zero-order chi connectivity index (χ0) is 12.3. The van der Waals surface area contributed by atoms with Crippen LogP contribution in [-0.2, 0) is 4.74 Å². The number of nitrogens with zero attached hydrogens (tertiary/aromatic N) is 1. The Bertz CT molecular complexity index is 238. The average molecular weight is 240 g/mol. The van der Waals surface area contributed by atoms with Crippen molar-refractivity contribution in [1.82, 2.24) is 10.2 Å². The maximum Gasteiger partial charge on any atom is 0.0702 e. The third kappa shape index (κ3) is 3.01. The zero-order valence-corrected chi connectivity index (χ0v) is 11.7. The maximum atomic E-state index is 5.69. The summed E-state index contributed by atoms with van der Waals surface area (Å²) in [4.78, 5) is 2.56. The molecule has 3 nitrogen and oxygen atoms in total. The van der Waals surface area contributed by atoms with Gasteiger partial charge in [-0.2, -0.15) is 0 Å². The molecule has 0 amide bonds. The molecule has 0 spiro atoms. The highest BCUT2D eigenvalue weighted by Crippen LogP contribution is 2.34. The monoisotopic (exact) mass is 240 g/mol. The minimum Gasteiger partial charge on any atom is -0.377 e. The van der Waals surface area contributed by atoms with Crippen LogP contribution in [0.2, 0.25) is 0 Å². The number of ether oxygens (including phenoxy) is 1. The number of piperidine rings is 1. The summed E-state index contributed by atoms with van der Waals surface area (Å²) < 4.78 is 5.69.